The fraction of sp³-hybridized carbons (Fsp3) is 0.294. The van der Waals surface area contributed by atoms with Crippen LogP contribution in [0.4, 0.5) is 0 Å². The number of allylic oxidation sites excluding steroid dienone is 2. The van der Waals surface area contributed by atoms with Gasteiger partial charge in [-0.3, -0.25) is 0 Å². The Morgan fingerprint density at radius 2 is 2.20 bits per heavy atom. The highest BCUT2D eigenvalue weighted by atomic mass is 16.8. The summed E-state index contributed by atoms with van der Waals surface area (Å²) in [6.07, 6.45) is 7.05. The van der Waals surface area contributed by atoms with E-state index in [0.29, 0.717) is 0 Å². The highest BCUT2D eigenvalue weighted by Gasteiger charge is 2.43. The van der Waals surface area contributed by atoms with E-state index < -0.39 is 5.79 Å². The summed E-state index contributed by atoms with van der Waals surface area (Å²) in [4.78, 5) is 0. The van der Waals surface area contributed by atoms with Gasteiger partial charge in [0.1, 0.15) is 5.76 Å². The first-order valence-electron chi connectivity index (χ1n) is 6.65. The van der Waals surface area contributed by atoms with Crippen LogP contribution in [0.3, 0.4) is 0 Å². The van der Waals surface area contributed by atoms with Gasteiger partial charge < -0.3 is 14.2 Å². The Morgan fingerprint density at radius 1 is 1.35 bits per heavy atom. The molecule has 0 N–H and O–H groups in total. The van der Waals surface area contributed by atoms with E-state index in [0.717, 1.165) is 24.2 Å². The summed E-state index contributed by atoms with van der Waals surface area (Å²) in [5, 5.41) is 0. The van der Waals surface area contributed by atoms with Crippen molar-refractivity contribution >= 4 is 0 Å². The number of rotatable bonds is 1. The Hall–Kier alpha value is -2.02. The molecule has 2 aliphatic rings. The van der Waals surface area contributed by atoms with Gasteiger partial charge in [0.15, 0.2) is 6.29 Å². The predicted octanol–water partition coefficient (Wildman–Crippen LogP) is 2.99. The van der Waals surface area contributed by atoms with Gasteiger partial charge in [0.25, 0.3) is 0 Å². The van der Waals surface area contributed by atoms with E-state index in [-0.39, 0.29) is 6.29 Å². The summed E-state index contributed by atoms with van der Waals surface area (Å²) in [5.74, 6) is 6.14. The maximum absolute atomic E-state index is 5.83. The van der Waals surface area contributed by atoms with E-state index in [1.165, 1.54) is 0 Å². The molecule has 3 heteroatoms. The van der Waals surface area contributed by atoms with Crippen LogP contribution in [0.2, 0.25) is 0 Å². The molecule has 3 nitrogen and oxygen atoms in total. The van der Waals surface area contributed by atoms with Crippen molar-refractivity contribution in [1.29, 1.82) is 0 Å². The standard InChI is InChI=1S/C17H16O3/c1-18-16-11-13-17(20-16)12-10-15(19-17)9-5-8-14-6-3-2-4-7-14/h2-4,6-7,9-10,12,16H,11,13H2,1H3/b15-9-. The summed E-state index contributed by atoms with van der Waals surface area (Å²) in [6, 6.07) is 9.86. The molecule has 102 valence electrons. The molecule has 2 aliphatic heterocycles. The Labute approximate surface area is 118 Å². The fourth-order valence-electron chi connectivity index (χ4n) is 2.29. The Balaban J connectivity index is 1.65. The smallest absolute Gasteiger partial charge is 0.233 e. The number of methoxy groups -OCH3 is 1. The van der Waals surface area contributed by atoms with Gasteiger partial charge in [-0.25, -0.2) is 0 Å². The summed E-state index contributed by atoms with van der Waals surface area (Å²) in [7, 11) is 1.64. The van der Waals surface area contributed by atoms with Gasteiger partial charge >= 0.3 is 0 Å². The second kappa shape index (κ2) is 5.54. The van der Waals surface area contributed by atoms with Gasteiger partial charge in [-0.15, -0.1) is 0 Å². The number of hydrogen-bond acceptors (Lipinski definition) is 3. The molecule has 1 aromatic carbocycles. The van der Waals surface area contributed by atoms with Gasteiger partial charge in [0, 0.05) is 31.6 Å². The van der Waals surface area contributed by atoms with Crippen molar-refractivity contribution in [2.24, 2.45) is 0 Å². The molecule has 0 aliphatic carbocycles. The Bertz CT molecular complexity index is 592. The number of benzene rings is 1. The maximum atomic E-state index is 5.83. The summed E-state index contributed by atoms with van der Waals surface area (Å²) in [6.45, 7) is 0. The zero-order valence-electron chi connectivity index (χ0n) is 11.3. The van der Waals surface area contributed by atoms with Gasteiger partial charge in [-0.1, -0.05) is 30.0 Å². The average molecular weight is 268 g/mol. The van der Waals surface area contributed by atoms with Crippen LogP contribution in [0.5, 0.6) is 0 Å². The van der Waals surface area contributed by atoms with E-state index in [9.17, 15) is 0 Å². The Morgan fingerprint density at radius 3 is 2.95 bits per heavy atom. The van der Waals surface area contributed by atoms with Crippen molar-refractivity contribution in [3.05, 3.63) is 59.9 Å². The summed E-state index contributed by atoms with van der Waals surface area (Å²) >= 11 is 0. The molecule has 3 rings (SSSR count). The van der Waals surface area contributed by atoms with Gasteiger partial charge in [-0.05, 0) is 24.3 Å². The van der Waals surface area contributed by atoms with Gasteiger partial charge in [0.05, 0.1) is 0 Å². The third kappa shape index (κ3) is 2.77. The monoisotopic (exact) mass is 268 g/mol. The van der Waals surface area contributed by atoms with Crippen molar-refractivity contribution in [3.63, 3.8) is 0 Å². The zero-order valence-corrected chi connectivity index (χ0v) is 11.3. The van der Waals surface area contributed by atoms with Crippen LogP contribution in [0.15, 0.2) is 54.3 Å². The SMILES string of the molecule is COC1CCC2(C=C/C(=C/C#Cc3ccccc3)O2)O1. The van der Waals surface area contributed by atoms with Gasteiger partial charge in [0.2, 0.25) is 5.79 Å². The molecule has 1 saturated heterocycles. The van der Waals surface area contributed by atoms with Gasteiger partial charge in [-0.2, -0.15) is 0 Å². The third-order valence-electron chi connectivity index (χ3n) is 3.32. The van der Waals surface area contributed by atoms with E-state index >= 15 is 0 Å². The molecular formula is C17H16O3. The highest BCUT2D eigenvalue weighted by molar-refractivity contribution is 5.39. The first kappa shape index (κ1) is 13.0. The molecule has 1 fully saturated rings. The third-order valence-corrected chi connectivity index (χ3v) is 3.32. The maximum Gasteiger partial charge on any atom is 0.233 e. The largest absolute Gasteiger partial charge is 0.458 e. The van der Waals surface area contributed by atoms with Crippen molar-refractivity contribution < 1.29 is 14.2 Å². The molecule has 2 unspecified atom stereocenters. The normalized spacial score (nSPS) is 29.4. The van der Waals surface area contributed by atoms with Crippen molar-refractivity contribution in [2.45, 2.75) is 24.9 Å². The minimum absolute atomic E-state index is 0.186. The number of ether oxygens (including phenoxy) is 3. The van der Waals surface area contributed by atoms with Crippen molar-refractivity contribution in [1.82, 2.24) is 0 Å². The molecule has 20 heavy (non-hydrogen) atoms. The lowest BCUT2D eigenvalue weighted by molar-refractivity contribution is -0.218. The van der Waals surface area contributed by atoms with E-state index in [1.54, 1.807) is 13.2 Å². The average Bonchev–Trinajstić information content (AvgIpc) is 3.08. The fourth-order valence-corrected chi connectivity index (χ4v) is 2.29. The molecule has 0 amide bonds. The molecular weight excluding hydrogens is 252 g/mol. The molecule has 2 atom stereocenters. The minimum Gasteiger partial charge on any atom is -0.458 e. The van der Waals surface area contributed by atoms with Crippen molar-refractivity contribution in [2.75, 3.05) is 7.11 Å². The van der Waals surface area contributed by atoms with Crippen molar-refractivity contribution in [3.8, 4) is 11.8 Å². The van der Waals surface area contributed by atoms with E-state index in [2.05, 4.69) is 11.8 Å². The molecule has 1 spiro atoms. The lowest BCUT2D eigenvalue weighted by Gasteiger charge is -2.22. The highest BCUT2D eigenvalue weighted by Crippen LogP contribution is 2.38. The van der Waals surface area contributed by atoms with Crippen LogP contribution >= 0.6 is 0 Å². The molecule has 0 radical (unpaired) electrons. The number of hydrogen-bond donors (Lipinski definition) is 0. The topological polar surface area (TPSA) is 27.7 Å². The van der Waals surface area contributed by atoms with Crippen LogP contribution in [-0.2, 0) is 14.2 Å². The second-order valence-electron chi connectivity index (χ2n) is 4.75. The lowest BCUT2D eigenvalue weighted by Crippen LogP contribution is -2.27. The Kier molecular flexibility index (Phi) is 3.60. The summed E-state index contributed by atoms with van der Waals surface area (Å²) in [5.41, 5.74) is 0.984. The van der Waals surface area contributed by atoms with Crippen LogP contribution in [0.25, 0.3) is 0 Å². The van der Waals surface area contributed by atoms with E-state index in [1.807, 2.05) is 42.5 Å². The van der Waals surface area contributed by atoms with Crippen LogP contribution in [0.1, 0.15) is 18.4 Å². The van der Waals surface area contributed by atoms with Crippen LogP contribution in [0, 0.1) is 11.8 Å². The zero-order chi connectivity index (χ0) is 13.8. The summed E-state index contributed by atoms with van der Waals surface area (Å²) < 4.78 is 16.7. The molecule has 0 saturated carbocycles. The quantitative estimate of drug-likeness (QED) is 0.733. The molecule has 0 aromatic heterocycles. The predicted molar refractivity (Wildman–Crippen MR) is 75.5 cm³/mol. The van der Waals surface area contributed by atoms with E-state index in [4.69, 9.17) is 14.2 Å². The second-order valence-corrected chi connectivity index (χ2v) is 4.75. The molecule has 1 aromatic rings. The van der Waals surface area contributed by atoms with Crippen LogP contribution < -0.4 is 0 Å². The molecule has 2 heterocycles. The minimum atomic E-state index is -0.652. The first-order valence-corrected chi connectivity index (χ1v) is 6.65. The first-order chi connectivity index (χ1) is 9.80. The lowest BCUT2D eigenvalue weighted by atomic mass is 10.2. The van der Waals surface area contributed by atoms with Crippen LogP contribution in [-0.4, -0.2) is 19.2 Å². The molecule has 0 bridgehead atoms.